The Kier molecular flexibility index (Phi) is 5.59. The van der Waals surface area contributed by atoms with Gasteiger partial charge < -0.3 is 4.74 Å². The van der Waals surface area contributed by atoms with Crippen LogP contribution in [0.4, 0.5) is 5.69 Å². The van der Waals surface area contributed by atoms with E-state index in [1.807, 2.05) is 54.6 Å². The van der Waals surface area contributed by atoms with E-state index in [2.05, 4.69) is 20.9 Å². The van der Waals surface area contributed by atoms with Crippen molar-refractivity contribution in [2.45, 2.75) is 0 Å². The predicted octanol–water partition coefficient (Wildman–Crippen LogP) is 5.07. The van der Waals surface area contributed by atoms with Crippen LogP contribution in [0.1, 0.15) is 21.5 Å². The molecule has 30 heavy (non-hydrogen) atoms. The molecule has 1 aliphatic heterocycles. The molecule has 1 aliphatic rings. The summed E-state index contributed by atoms with van der Waals surface area (Å²) in [6.45, 7) is 0. The zero-order valence-corrected chi connectivity index (χ0v) is 17.7. The van der Waals surface area contributed by atoms with Crippen molar-refractivity contribution >= 4 is 45.4 Å². The molecular formula is C24H17BrN2O3. The first kappa shape index (κ1) is 19.8. The van der Waals surface area contributed by atoms with Gasteiger partial charge in [0.15, 0.2) is 0 Å². The molecule has 1 amide bonds. The molecule has 1 heterocycles. The number of carbonyl (C=O) groups excluding carboxylic acids is 2. The SMILES string of the molecule is COC(=O)c1ccc(/C=C2/N=C(c3ccccc3Br)N(c3ccccc3)C2=O)cc1. The summed E-state index contributed by atoms with van der Waals surface area (Å²) in [5.41, 5.74) is 3.08. The lowest BCUT2D eigenvalue weighted by Crippen LogP contribution is -2.32. The normalized spacial score (nSPS) is 14.7. The Morgan fingerprint density at radius 1 is 0.967 bits per heavy atom. The van der Waals surface area contributed by atoms with E-state index in [9.17, 15) is 9.59 Å². The van der Waals surface area contributed by atoms with E-state index in [0.29, 0.717) is 17.1 Å². The molecule has 148 valence electrons. The van der Waals surface area contributed by atoms with Crippen LogP contribution < -0.4 is 4.90 Å². The number of rotatable bonds is 4. The van der Waals surface area contributed by atoms with Crippen molar-refractivity contribution in [1.82, 2.24) is 0 Å². The van der Waals surface area contributed by atoms with Gasteiger partial charge in [-0.05, 0) is 42.0 Å². The number of hydrogen-bond acceptors (Lipinski definition) is 4. The van der Waals surface area contributed by atoms with Crippen LogP contribution in [0.5, 0.6) is 0 Å². The highest BCUT2D eigenvalue weighted by Crippen LogP contribution is 2.30. The second kappa shape index (κ2) is 8.47. The predicted molar refractivity (Wildman–Crippen MR) is 120 cm³/mol. The van der Waals surface area contributed by atoms with Crippen LogP contribution in [0.3, 0.4) is 0 Å². The highest BCUT2D eigenvalue weighted by Gasteiger charge is 2.33. The van der Waals surface area contributed by atoms with Crippen LogP contribution in [0, 0.1) is 0 Å². The van der Waals surface area contributed by atoms with Gasteiger partial charge >= 0.3 is 5.97 Å². The lowest BCUT2D eigenvalue weighted by Gasteiger charge is -2.19. The van der Waals surface area contributed by atoms with E-state index >= 15 is 0 Å². The maximum Gasteiger partial charge on any atom is 0.337 e. The van der Waals surface area contributed by atoms with Crippen molar-refractivity contribution in [2.24, 2.45) is 4.99 Å². The van der Waals surface area contributed by atoms with Gasteiger partial charge in [-0.3, -0.25) is 9.69 Å². The quantitative estimate of drug-likeness (QED) is 0.403. The summed E-state index contributed by atoms with van der Waals surface area (Å²) in [5.74, 6) is -0.0734. The summed E-state index contributed by atoms with van der Waals surface area (Å²) in [7, 11) is 1.34. The van der Waals surface area contributed by atoms with Gasteiger partial charge in [0.25, 0.3) is 5.91 Å². The Balaban J connectivity index is 1.77. The van der Waals surface area contributed by atoms with Crippen LogP contribution in [0.15, 0.2) is 94.0 Å². The average Bonchev–Trinajstić information content (AvgIpc) is 3.10. The first-order valence-electron chi connectivity index (χ1n) is 9.21. The molecule has 0 aromatic heterocycles. The molecule has 0 saturated carbocycles. The highest BCUT2D eigenvalue weighted by atomic mass is 79.9. The smallest absolute Gasteiger partial charge is 0.337 e. The van der Waals surface area contributed by atoms with Crippen molar-refractivity contribution in [1.29, 1.82) is 0 Å². The molecule has 0 spiro atoms. The van der Waals surface area contributed by atoms with Crippen molar-refractivity contribution in [3.63, 3.8) is 0 Å². The summed E-state index contributed by atoms with van der Waals surface area (Å²) in [4.78, 5) is 31.2. The van der Waals surface area contributed by atoms with Crippen LogP contribution in [-0.2, 0) is 9.53 Å². The maximum atomic E-state index is 13.3. The fraction of sp³-hybridized carbons (Fsp3) is 0.0417. The second-order valence-electron chi connectivity index (χ2n) is 6.53. The van der Waals surface area contributed by atoms with E-state index in [1.54, 1.807) is 35.2 Å². The zero-order valence-electron chi connectivity index (χ0n) is 16.1. The summed E-state index contributed by atoms with van der Waals surface area (Å²) in [6, 6.07) is 23.9. The number of nitrogens with zero attached hydrogens (tertiary/aromatic N) is 2. The van der Waals surface area contributed by atoms with E-state index in [0.717, 1.165) is 21.3 Å². The monoisotopic (exact) mass is 460 g/mol. The minimum atomic E-state index is -0.407. The third-order valence-corrected chi connectivity index (χ3v) is 5.32. The third kappa shape index (κ3) is 3.82. The van der Waals surface area contributed by atoms with Crippen LogP contribution >= 0.6 is 15.9 Å². The van der Waals surface area contributed by atoms with E-state index < -0.39 is 5.97 Å². The number of anilines is 1. The van der Waals surface area contributed by atoms with Gasteiger partial charge in [-0.15, -0.1) is 0 Å². The summed E-state index contributed by atoms with van der Waals surface area (Å²) in [5, 5.41) is 0. The van der Waals surface area contributed by atoms with E-state index in [-0.39, 0.29) is 5.91 Å². The average molecular weight is 461 g/mol. The molecule has 0 radical (unpaired) electrons. The minimum absolute atomic E-state index is 0.219. The molecular weight excluding hydrogens is 444 g/mol. The van der Waals surface area contributed by atoms with Crippen LogP contribution in [0.2, 0.25) is 0 Å². The molecule has 0 N–H and O–H groups in total. The number of carbonyl (C=O) groups is 2. The minimum Gasteiger partial charge on any atom is -0.465 e. The highest BCUT2D eigenvalue weighted by molar-refractivity contribution is 9.10. The van der Waals surface area contributed by atoms with Gasteiger partial charge in [-0.2, -0.15) is 0 Å². The lowest BCUT2D eigenvalue weighted by molar-refractivity contribution is -0.113. The Hall–Kier alpha value is -3.51. The van der Waals surface area contributed by atoms with Crippen LogP contribution in [0.25, 0.3) is 6.08 Å². The largest absolute Gasteiger partial charge is 0.465 e. The van der Waals surface area contributed by atoms with Gasteiger partial charge in [-0.25, -0.2) is 9.79 Å². The fourth-order valence-electron chi connectivity index (χ4n) is 3.15. The van der Waals surface area contributed by atoms with Gasteiger partial charge in [0, 0.05) is 10.0 Å². The Labute approximate surface area is 182 Å². The number of esters is 1. The molecule has 4 rings (SSSR count). The summed E-state index contributed by atoms with van der Waals surface area (Å²) < 4.78 is 5.57. The Morgan fingerprint density at radius 3 is 2.30 bits per heavy atom. The molecule has 0 atom stereocenters. The van der Waals surface area contributed by atoms with Crippen molar-refractivity contribution in [3.05, 3.63) is 106 Å². The number of benzene rings is 3. The standard InChI is InChI=1S/C24H17BrN2O3/c1-30-24(29)17-13-11-16(12-14-17)15-21-23(28)27(18-7-3-2-4-8-18)22(26-21)19-9-5-6-10-20(19)25/h2-15H,1H3/b21-15+. The van der Waals surface area contributed by atoms with Gasteiger partial charge in [0.05, 0.1) is 18.4 Å². The first-order valence-corrected chi connectivity index (χ1v) is 10.0. The second-order valence-corrected chi connectivity index (χ2v) is 7.39. The number of methoxy groups -OCH3 is 1. The fourth-order valence-corrected chi connectivity index (χ4v) is 3.61. The Bertz CT molecular complexity index is 1170. The molecule has 0 saturated heterocycles. The van der Waals surface area contributed by atoms with Crippen molar-refractivity contribution in [3.8, 4) is 0 Å². The van der Waals surface area contributed by atoms with E-state index in [4.69, 9.17) is 4.74 Å². The topological polar surface area (TPSA) is 59.0 Å². The Morgan fingerprint density at radius 2 is 1.63 bits per heavy atom. The number of amidine groups is 1. The third-order valence-electron chi connectivity index (χ3n) is 4.62. The van der Waals surface area contributed by atoms with Gasteiger partial charge in [0.2, 0.25) is 0 Å². The zero-order chi connectivity index (χ0) is 21.1. The molecule has 5 nitrogen and oxygen atoms in total. The molecule has 0 fully saturated rings. The van der Waals surface area contributed by atoms with E-state index in [1.165, 1.54) is 7.11 Å². The molecule has 0 aliphatic carbocycles. The number of ether oxygens (including phenoxy) is 1. The van der Waals surface area contributed by atoms with Crippen LogP contribution in [-0.4, -0.2) is 24.8 Å². The number of halogens is 1. The first-order chi connectivity index (χ1) is 14.6. The number of aliphatic imine (C=N–C) groups is 1. The summed E-state index contributed by atoms with van der Waals surface area (Å²) in [6.07, 6.45) is 1.71. The number of amides is 1. The molecule has 0 unspecified atom stereocenters. The molecule has 3 aromatic rings. The summed E-state index contributed by atoms with van der Waals surface area (Å²) >= 11 is 3.56. The lowest BCUT2D eigenvalue weighted by atomic mass is 10.1. The van der Waals surface area contributed by atoms with Crippen molar-refractivity contribution in [2.75, 3.05) is 12.0 Å². The van der Waals surface area contributed by atoms with Gasteiger partial charge in [-0.1, -0.05) is 64.5 Å². The number of hydrogen-bond donors (Lipinski definition) is 0. The van der Waals surface area contributed by atoms with Crippen molar-refractivity contribution < 1.29 is 14.3 Å². The molecule has 6 heteroatoms. The maximum absolute atomic E-state index is 13.3. The number of para-hydroxylation sites is 1. The molecule has 3 aromatic carbocycles. The molecule has 0 bridgehead atoms. The van der Waals surface area contributed by atoms with Gasteiger partial charge in [0.1, 0.15) is 11.5 Å².